The highest BCUT2D eigenvalue weighted by molar-refractivity contribution is 7.73. The lowest BCUT2D eigenvalue weighted by Crippen LogP contribution is -2.23. The van der Waals surface area contributed by atoms with Gasteiger partial charge in [-0.25, -0.2) is 0 Å². The minimum atomic E-state index is -2.67. The highest BCUT2D eigenvalue weighted by atomic mass is 31.2. The fourth-order valence-electron chi connectivity index (χ4n) is 6.64. The van der Waals surface area contributed by atoms with Crippen molar-refractivity contribution >= 4 is 25.7 Å². The number of aryl methyl sites for hydroxylation is 2. The monoisotopic (exact) mass is 716 g/mol. The van der Waals surface area contributed by atoms with E-state index in [9.17, 15) is 4.57 Å². The second-order valence-corrected chi connectivity index (χ2v) is 21.4. The molecule has 8 heteroatoms. The van der Waals surface area contributed by atoms with E-state index in [0.29, 0.717) is 0 Å². The summed E-state index contributed by atoms with van der Waals surface area (Å²) in [5.74, 6) is 3.52. The minimum Gasteiger partial charge on any atom is -0.496 e. The van der Waals surface area contributed by atoms with E-state index in [4.69, 9.17) is 23.7 Å². The van der Waals surface area contributed by atoms with Gasteiger partial charge in [-0.05, 0) is 80.7 Å². The summed E-state index contributed by atoms with van der Waals surface area (Å²) < 4.78 is 41.7. The van der Waals surface area contributed by atoms with Gasteiger partial charge >= 0.3 is 0 Å². The summed E-state index contributed by atoms with van der Waals surface area (Å²) in [4.78, 5) is 0. The molecule has 0 saturated carbocycles. The van der Waals surface area contributed by atoms with Gasteiger partial charge < -0.3 is 28.2 Å². The Balaban J connectivity index is 0.000000170. The molecule has 1 fully saturated rings. The van der Waals surface area contributed by atoms with Crippen LogP contribution in [0, 0.1) is 13.8 Å². The fraction of sp³-hybridized carbons (Fsp3) is 0.429. The molecule has 2 atom stereocenters. The Hall–Kier alpha value is -3.30. The highest BCUT2D eigenvalue weighted by Crippen LogP contribution is 2.63. The Morgan fingerprint density at radius 3 is 1.70 bits per heavy atom. The van der Waals surface area contributed by atoms with Crippen LogP contribution in [0.1, 0.15) is 65.5 Å². The van der Waals surface area contributed by atoms with Gasteiger partial charge in [0.2, 0.25) is 0 Å². The van der Waals surface area contributed by atoms with Crippen LogP contribution in [0.25, 0.3) is 22.3 Å². The zero-order valence-corrected chi connectivity index (χ0v) is 33.3. The van der Waals surface area contributed by atoms with Crippen molar-refractivity contribution in [2.45, 2.75) is 78.5 Å². The molecule has 0 spiro atoms. The van der Waals surface area contributed by atoms with E-state index in [-0.39, 0.29) is 24.6 Å². The van der Waals surface area contributed by atoms with Crippen LogP contribution in [0.4, 0.5) is 0 Å². The van der Waals surface area contributed by atoms with Crippen molar-refractivity contribution in [2.24, 2.45) is 0 Å². The van der Waals surface area contributed by atoms with Gasteiger partial charge in [0.05, 0.1) is 19.5 Å². The van der Waals surface area contributed by atoms with Crippen molar-refractivity contribution in [1.82, 2.24) is 0 Å². The second-order valence-electron chi connectivity index (χ2n) is 15.0. The first-order chi connectivity index (χ1) is 23.7. The summed E-state index contributed by atoms with van der Waals surface area (Å²) >= 11 is 0. The molecule has 0 bridgehead atoms. The molecule has 3 aliphatic heterocycles. The van der Waals surface area contributed by atoms with Gasteiger partial charge in [0, 0.05) is 40.4 Å². The zero-order chi connectivity index (χ0) is 36.3. The van der Waals surface area contributed by atoms with Crippen LogP contribution in [0.3, 0.4) is 0 Å². The number of methoxy groups -OCH3 is 2. The number of ether oxygens (including phenoxy) is 5. The topological polar surface area (TPSA) is 63.2 Å². The van der Waals surface area contributed by atoms with Crippen LogP contribution in [-0.2, 0) is 9.30 Å². The van der Waals surface area contributed by atoms with Crippen molar-refractivity contribution in [2.75, 3.05) is 40.1 Å². The summed E-state index contributed by atoms with van der Waals surface area (Å²) in [6.07, 6.45) is 3.65. The second kappa shape index (κ2) is 15.5. The molecule has 7 rings (SSSR count). The molecule has 3 aliphatic rings. The Labute approximate surface area is 301 Å². The van der Waals surface area contributed by atoms with Crippen LogP contribution in [0.5, 0.6) is 23.0 Å². The van der Waals surface area contributed by atoms with Crippen LogP contribution < -0.4 is 29.6 Å². The predicted molar refractivity (Wildman–Crippen MR) is 211 cm³/mol. The molecule has 0 amide bonds. The van der Waals surface area contributed by atoms with Crippen LogP contribution in [0.2, 0.25) is 0 Å². The fourth-order valence-corrected chi connectivity index (χ4v) is 11.6. The van der Waals surface area contributed by atoms with Crippen LogP contribution in [-0.4, -0.2) is 50.4 Å². The third-order valence-electron chi connectivity index (χ3n) is 9.55. The van der Waals surface area contributed by atoms with Gasteiger partial charge in [0.1, 0.15) is 35.7 Å². The maximum atomic E-state index is 13.8. The maximum Gasteiger partial charge on any atom is 0.160 e. The SMILES string of the molecule is C1CCOC1.COc1cccc(C)c1-c1cccc2c1[P@@](=O)(C(C)(C)C)CO2.COc1cccc(C)c1-c1cccc2c1[P@@](C(C)(C)C)CO2. The lowest BCUT2D eigenvalue weighted by Gasteiger charge is -2.28. The van der Waals surface area contributed by atoms with Crippen molar-refractivity contribution < 1.29 is 28.2 Å². The molecule has 0 aromatic heterocycles. The van der Waals surface area contributed by atoms with E-state index in [0.717, 1.165) is 64.6 Å². The van der Waals surface area contributed by atoms with Crippen LogP contribution >= 0.6 is 15.1 Å². The van der Waals surface area contributed by atoms with E-state index in [1.54, 1.807) is 14.2 Å². The molecule has 268 valence electrons. The minimum absolute atomic E-state index is 0.229. The smallest absolute Gasteiger partial charge is 0.160 e. The van der Waals surface area contributed by atoms with E-state index < -0.39 is 7.14 Å². The lowest BCUT2D eigenvalue weighted by atomic mass is 9.99. The molecule has 4 aromatic carbocycles. The average Bonchev–Trinajstić information content (AvgIpc) is 3.86. The quantitative estimate of drug-likeness (QED) is 0.196. The first-order valence-electron chi connectivity index (χ1n) is 17.5. The first kappa shape index (κ1) is 37.9. The van der Waals surface area contributed by atoms with Crippen LogP contribution in [0.15, 0.2) is 72.8 Å². The van der Waals surface area contributed by atoms with Gasteiger partial charge in [-0.2, -0.15) is 0 Å². The van der Waals surface area contributed by atoms with Crippen molar-refractivity contribution in [3.8, 4) is 45.3 Å². The number of hydrogen-bond donors (Lipinski definition) is 0. The lowest BCUT2D eigenvalue weighted by molar-refractivity contribution is 0.198. The van der Waals surface area contributed by atoms with Gasteiger partial charge in [-0.15, -0.1) is 0 Å². The Kier molecular flexibility index (Phi) is 11.8. The first-order valence-corrected chi connectivity index (χ1v) is 20.9. The summed E-state index contributed by atoms with van der Waals surface area (Å²) in [6.45, 7) is 19.2. The molecule has 4 aromatic rings. The summed E-state index contributed by atoms with van der Waals surface area (Å²) in [5, 5.41) is 2.13. The van der Waals surface area contributed by atoms with E-state index >= 15 is 0 Å². The number of fused-ring (bicyclic) bond motifs is 2. The Bertz CT molecular complexity index is 1840. The van der Waals surface area contributed by atoms with E-state index in [1.165, 1.54) is 34.8 Å². The third-order valence-corrected chi connectivity index (χ3v) is 16.4. The molecule has 3 heterocycles. The molecule has 0 aliphatic carbocycles. The molecule has 0 radical (unpaired) electrons. The summed E-state index contributed by atoms with van der Waals surface area (Å²) in [5.41, 5.74) is 6.78. The van der Waals surface area contributed by atoms with Gasteiger partial charge in [-0.1, -0.05) is 90.1 Å². The molecular formula is C42H54O6P2. The highest BCUT2D eigenvalue weighted by Gasteiger charge is 2.47. The Morgan fingerprint density at radius 2 is 1.20 bits per heavy atom. The number of benzene rings is 4. The third kappa shape index (κ3) is 7.64. The average molecular weight is 717 g/mol. The summed E-state index contributed by atoms with van der Waals surface area (Å²) in [7, 11) is 0.380. The molecule has 0 unspecified atom stereocenters. The molecular weight excluding hydrogens is 662 g/mol. The predicted octanol–water partition coefficient (Wildman–Crippen LogP) is 10.5. The van der Waals surface area contributed by atoms with E-state index in [1.807, 2.05) is 63.2 Å². The summed E-state index contributed by atoms with van der Waals surface area (Å²) in [6, 6.07) is 24.5. The van der Waals surface area contributed by atoms with Gasteiger partial charge in [0.25, 0.3) is 0 Å². The number of rotatable bonds is 4. The molecule has 0 N–H and O–H groups in total. The van der Waals surface area contributed by atoms with Crippen molar-refractivity contribution in [3.05, 3.63) is 83.9 Å². The largest absolute Gasteiger partial charge is 0.496 e. The van der Waals surface area contributed by atoms with E-state index in [2.05, 4.69) is 65.0 Å². The van der Waals surface area contributed by atoms with Crippen molar-refractivity contribution in [1.29, 1.82) is 0 Å². The molecule has 1 saturated heterocycles. The maximum absolute atomic E-state index is 13.8. The number of hydrogen-bond acceptors (Lipinski definition) is 6. The Morgan fingerprint density at radius 1 is 0.680 bits per heavy atom. The van der Waals surface area contributed by atoms with Crippen molar-refractivity contribution in [3.63, 3.8) is 0 Å². The standard InChI is InChI=1S/C19H23O3P.C19H23O2P.C4H8O/c1-13-8-6-10-15(21-5)17(13)14-9-7-11-16-18(14)23(20,12-22-16)19(2,3)4;1-13-8-6-10-15(20-5)17(13)14-9-7-11-16-18(14)22(12-21-16)19(2,3)4;1-2-4-5-3-1/h6-11H,12H2,1-5H3;6-11H,12H2,1-5H3;1-4H2/t23-;22-;/m10./s1. The molecule has 50 heavy (non-hydrogen) atoms. The van der Waals surface area contributed by atoms with Gasteiger partial charge in [0.15, 0.2) is 7.14 Å². The zero-order valence-electron chi connectivity index (χ0n) is 31.5. The molecule has 6 nitrogen and oxygen atoms in total. The van der Waals surface area contributed by atoms with Gasteiger partial charge in [-0.3, -0.25) is 0 Å². The normalized spacial score (nSPS) is 19.1.